The van der Waals surface area contributed by atoms with E-state index in [-0.39, 0.29) is 37.4 Å². The Morgan fingerprint density at radius 3 is 1.85 bits per heavy atom. The number of carbonyl (C=O) groups excluding carboxylic acids is 3. The van der Waals surface area contributed by atoms with Crippen LogP contribution in [0.3, 0.4) is 0 Å². The Labute approximate surface area is 230 Å². The van der Waals surface area contributed by atoms with E-state index in [1.165, 1.54) is 0 Å². The van der Waals surface area contributed by atoms with Crippen LogP contribution in [0, 0.1) is 11.8 Å². The fraction of sp³-hybridized carbons (Fsp3) is 0.344. The van der Waals surface area contributed by atoms with Gasteiger partial charge in [0.15, 0.2) is 5.78 Å². The molecular formula is C32H38N2O5. The summed E-state index contributed by atoms with van der Waals surface area (Å²) in [5, 5.41) is 5.58. The molecule has 2 amide bonds. The maximum atomic E-state index is 13.1. The molecule has 0 aliphatic carbocycles. The van der Waals surface area contributed by atoms with Gasteiger partial charge in [-0.25, -0.2) is 4.79 Å². The van der Waals surface area contributed by atoms with Crippen LogP contribution in [0.25, 0.3) is 0 Å². The number of amides is 2. The van der Waals surface area contributed by atoms with Crippen molar-refractivity contribution < 1.29 is 23.9 Å². The number of carbonyl (C=O) groups is 3. The Morgan fingerprint density at radius 1 is 0.744 bits per heavy atom. The third kappa shape index (κ3) is 11.1. The highest BCUT2D eigenvalue weighted by Crippen LogP contribution is 2.12. The van der Waals surface area contributed by atoms with Crippen molar-refractivity contribution in [1.82, 2.24) is 10.6 Å². The van der Waals surface area contributed by atoms with Gasteiger partial charge in [-0.3, -0.25) is 9.59 Å². The van der Waals surface area contributed by atoms with E-state index in [1.54, 1.807) is 0 Å². The molecule has 3 rings (SSSR count). The summed E-state index contributed by atoms with van der Waals surface area (Å²) in [5.74, 6) is -0.762. The minimum atomic E-state index is -0.782. The van der Waals surface area contributed by atoms with Crippen LogP contribution in [0.15, 0.2) is 91.0 Å². The molecule has 0 radical (unpaired) electrons. The van der Waals surface area contributed by atoms with Gasteiger partial charge in [-0.15, -0.1) is 0 Å². The van der Waals surface area contributed by atoms with Crippen molar-refractivity contribution in [2.24, 2.45) is 11.8 Å². The first kappa shape index (κ1) is 29.6. The number of nitrogens with one attached hydrogen (secondary N) is 2. The van der Waals surface area contributed by atoms with Gasteiger partial charge < -0.3 is 20.1 Å². The summed E-state index contributed by atoms with van der Waals surface area (Å²) in [7, 11) is 0. The molecule has 206 valence electrons. The van der Waals surface area contributed by atoms with E-state index in [1.807, 2.05) is 105 Å². The molecule has 0 saturated heterocycles. The van der Waals surface area contributed by atoms with Gasteiger partial charge >= 0.3 is 6.09 Å². The second kappa shape index (κ2) is 16.1. The minimum absolute atomic E-state index is 0.0538. The smallest absolute Gasteiger partial charge is 0.408 e. The summed E-state index contributed by atoms with van der Waals surface area (Å²) in [5.41, 5.74) is 2.84. The average molecular weight is 531 g/mol. The third-order valence-electron chi connectivity index (χ3n) is 6.19. The molecule has 3 aromatic carbocycles. The number of ether oxygens (including phenoxy) is 2. The highest BCUT2D eigenvalue weighted by molar-refractivity contribution is 5.87. The molecule has 0 aromatic heterocycles. The standard InChI is InChI=1S/C32H38N2O5/c1-24(2)18-29(34-32(37)39-22-27-16-10-5-11-17-27)31(36)33-20-28(19-25-12-6-3-7-13-25)30(35)23-38-21-26-14-8-4-9-15-26/h3-17,24,28-29H,18-23H2,1-2H3,(H,33,36)(H,34,37)/t28-,29-/m0/s1. The molecule has 0 saturated carbocycles. The molecule has 0 heterocycles. The number of alkyl carbamates (subject to hydrolysis) is 1. The molecular weight excluding hydrogens is 492 g/mol. The quantitative estimate of drug-likeness (QED) is 0.286. The zero-order chi connectivity index (χ0) is 27.9. The lowest BCUT2D eigenvalue weighted by Gasteiger charge is -2.22. The molecule has 0 aliphatic heterocycles. The van der Waals surface area contributed by atoms with E-state index in [0.717, 1.165) is 16.7 Å². The lowest BCUT2D eigenvalue weighted by atomic mass is 9.95. The Hall–Kier alpha value is -3.97. The van der Waals surface area contributed by atoms with Gasteiger partial charge in [-0.2, -0.15) is 0 Å². The minimum Gasteiger partial charge on any atom is -0.445 e. The van der Waals surface area contributed by atoms with Crippen LogP contribution in [0.4, 0.5) is 4.79 Å². The molecule has 0 fully saturated rings. The Kier molecular flexibility index (Phi) is 12.2. The van der Waals surface area contributed by atoms with Crippen molar-refractivity contribution in [3.05, 3.63) is 108 Å². The van der Waals surface area contributed by atoms with E-state index >= 15 is 0 Å². The molecule has 7 nitrogen and oxygen atoms in total. The van der Waals surface area contributed by atoms with Crippen molar-refractivity contribution in [2.45, 2.75) is 45.9 Å². The SMILES string of the molecule is CC(C)C[C@H](NC(=O)OCc1ccccc1)C(=O)NC[C@H](Cc1ccccc1)C(=O)COCc1ccccc1. The van der Waals surface area contributed by atoms with Crippen molar-refractivity contribution >= 4 is 17.8 Å². The normalized spacial score (nSPS) is 12.4. The molecule has 0 aliphatic rings. The van der Waals surface area contributed by atoms with Crippen LogP contribution in [0.1, 0.15) is 37.0 Å². The lowest BCUT2D eigenvalue weighted by Crippen LogP contribution is -2.49. The largest absolute Gasteiger partial charge is 0.445 e. The van der Waals surface area contributed by atoms with Crippen LogP contribution < -0.4 is 10.6 Å². The summed E-state index contributed by atoms with van der Waals surface area (Å²) in [4.78, 5) is 38.7. The number of rotatable bonds is 15. The highest BCUT2D eigenvalue weighted by Gasteiger charge is 2.25. The summed E-state index contributed by atoms with van der Waals surface area (Å²) in [6.07, 6.45) is 0.241. The second-order valence-corrected chi connectivity index (χ2v) is 9.96. The monoisotopic (exact) mass is 530 g/mol. The Morgan fingerprint density at radius 2 is 1.28 bits per heavy atom. The van der Waals surface area contributed by atoms with E-state index in [2.05, 4.69) is 10.6 Å². The first-order chi connectivity index (χ1) is 18.9. The van der Waals surface area contributed by atoms with Crippen molar-refractivity contribution in [1.29, 1.82) is 0 Å². The van der Waals surface area contributed by atoms with E-state index in [9.17, 15) is 14.4 Å². The van der Waals surface area contributed by atoms with Crippen LogP contribution in [0.5, 0.6) is 0 Å². The van der Waals surface area contributed by atoms with Crippen molar-refractivity contribution in [3.8, 4) is 0 Å². The first-order valence-corrected chi connectivity index (χ1v) is 13.3. The molecule has 0 bridgehead atoms. The van der Waals surface area contributed by atoms with Crippen molar-refractivity contribution in [2.75, 3.05) is 13.2 Å². The van der Waals surface area contributed by atoms with Crippen molar-refractivity contribution in [3.63, 3.8) is 0 Å². The molecule has 39 heavy (non-hydrogen) atoms. The summed E-state index contributed by atoms with van der Waals surface area (Å²) < 4.78 is 11.0. The molecule has 2 atom stereocenters. The summed E-state index contributed by atoms with van der Waals surface area (Å²) in [6.45, 7) is 4.48. The van der Waals surface area contributed by atoms with E-state index < -0.39 is 18.1 Å². The van der Waals surface area contributed by atoms with Gasteiger partial charge in [0.1, 0.15) is 19.3 Å². The molecule has 0 spiro atoms. The number of benzene rings is 3. The average Bonchev–Trinajstić information content (AvgIpc) is 2.95. The zero-order valence-electron chi connectivity index (χ0n) is 22.7. The first-order valence-electron chi connectivity index (χ1n) is 13.3. The van der Waals surface area contributed by atoms with Crippen LogP contribution in [0.2, 0.25) is 0 Å². The molecule has 0 unspecified atom stereocenters. The number of ketones is 1. The summed E-state index contributed by atoms with van der Waals surface area (Å²) in [6, 6.07) is 27.9. The van der Waals surface area contributed by atoms with E-state index in [0.29, 0.717) is 19.4 Å². The van der Waals surface area contributed by atoms with Crippen LogP contribution >= 0.6 is 0 Å². The fourth-order valence-corrected chi connectivity index (χ4v) is 4.12. The van der Waals surface area contributed by atoms with E-state index in [4.69, 9.17) is 9.47 Å². The van der Waals surface area contributed by atoms with Gasteiger partial charge in [0.25, 0.3) is 0 Å². The second-order valence-electron chi connectivity index (χ2n) is 9.96. The number of hydrogen-bond acceptors (Lipinski definition) is 5. The molecule has 3 aromatic rings. The zero-order valence-corrected chi connectivity index (χ0v) is 22.7. The fourth-order valence-electron chi connectivity index (χ4n) is 4.12. The summed E-state index contributed by atoms with van der Waals surface area (Å²) >= 11 is 0. The van der Waals surface area contributed by atoms with Gasteiger partial charge in [0, 0.05) is 12.5 Å². The predicted molar refractivity (Wildman–Crippen MR) is 151 cm³/mol. The lowest BCUT2D eigenvalue weighted by molar-refractivity contribution is -0.128. The highest BCUT2D eigenvalue weighted by atomic mass is 16.5. The van der Waals surface area contributed by atoms with Crippen LogP contribution in [-0.4, -0.2) is 37.0 Å². The van der Waals surface area contributed by atoms with Gasteiger partial charge in [0.05, 0.1) is 6.61 Å². The number of Topliss-reactive ketones (excluding diaryl/α,β-unsaturated/α-hetero) is 1. The number of hydrogen-bond donors (Lipinski definition) is 2. The Balaban J connectivity index is 1.58. The maximum Gasteiger partial charge on any atom is 0.408 e. The molecule has 7 heteroatoms. The van der Waals surface area contributed by atoms with Gasteiger partial charge in [-0.05, 0) is 35.4 Å². The molecule has 2 N–H and O–H groups in total. The van der Waals surface area contributed by atoms with Crippen LogP contribution in [-0.2, 0) is 38.7 Å². The predicted octanol–water partition coefficient (Wildman–Crippen LogP) is 5.09. The third-order valence-corrected chi connectivity index (χ3v) is 6.19. The Bertz CT molecular complexity index is 1150. The van der Waals surface area contributed by atoms with Gasteiger partial charge in [0.2, 0.25) is 5.91 Å². The maximum absolute atomic E-state index is 13.1. The van der Waals surface area contributed by atoms with Gasteiger partial charge in [-0.1, -0.05) is 105 Å². The topological polar surface area (TPSA) is 93.7 Å².